The van der Waals surface area contributed by atoms with Crippen molar-refractivity contribution in [3.8, 4) is 0 Å². The van der Waals surface area contributed by atoms with Gasteiger partial charge in [0.05, 0.1) is 16.1 Å². The van der Waals surface area contributed by atoms with Crippen LogP contribution in [0, 0.1) is 0 Å². The van der Waals surface area contributed by atoms with Gasteiger partial charge in [0.1, 0.15) is 0 Å². The lowest BCUT2D eigenvalue weighted by atomic mass is 10.1. The molecule has 2 fully saturated rings. The summed E-state index contributed by atoms with van der Waals surface area (Å²) in [6.07, 6.45) is 4.44. The van der Waals surface area contributed by atoms with Crippen molar-refractivity contribution in [3.63, 3.8) is 0 Å². The zero-order valence-electron chi connectivity index (χ0n) is 16.5. The van der Waals surface area contributed by atoms with E-state index in [9.17, 15) is 9.59 Å². The van der Waals surface area contributed by atoms with Crippen LogP contribution in [0.4, 0.5) is 0 Å². The summed E-state index contributed by atoms with van der Waals surface area (Å²) in [5, 5.41) is 1.06. The maximum atomic E-state index is 12.7. The van der Waals surface area contributed by atoms with E-state index in [1.807, 2.05) is 28.9 Å². The number of halogens is 2. The summed E-state index contributed by atoms with van der Waals surface area (Å²) < 4.78 is 0. The molecule has 3 rings (SSSR count). The Morgan fingerprint density at radius 1 is 0.964 bits per heavy atom. The zero-order valence-corrected chi connectivity index (χ0v) is 18.0. The van der Waals surface area contributed by atoms with Crippen LogP contribution >= 0.6 is 23.2 Å². The summed E-state index contributed by atoms with van der Waals surface area (Å²) in [7, 11) is 0. The summed E-state index contributed by atoms with van der Waals surface area (Å²) in [4.78, 5) is 31.4. The average Bonchev–Trinajstić information content (AvgIpc) is 2.74. The van der Waals surface area contributed by atoms with E-state index in [-0.39, 0.29) is 17.9 Å². The molecule has 1 aromatic rings. The van der Waals surface area contributed by atoms with Crippen molar-refractivity contribution in [1.82, 2.24) is 14.7 Å². The van der Waals surface area contributed by atoms with E-state index in [0.29, 0.717) is 36.0 Å². The molecule has 2 aliphatic rings. The minimum absolute atomic E-state index is 0.111. The summed E-state index contributed by atoms with van der Waals surface area (Å²) in [5.41, 5.74) is 0.905. The number of hydrogen-bond acceptors (Lipinski definition) is 3. The molecule has 2 saturated heterocycles. The molecule has 0 N–H and O–H groups in total. The van der Waals surface area contributed by atoms with E-state index in [0.717, 1.165) is 44.6 Å². The quantitative estimate of drug-likeness (QED) is 0.724. The number of amides is 2. The zero-order chi connectivity index (χ0) is 20.1. The average molecular weight is 426 g/mol. The number of piperazine rings is 1. The number of benzene rings is 1. The molecule has 28 heavy (non-hydrogen) atoms. The minimum Gasteiger partial charge on any atom is -0.341 e. The first-order chi connectivity index (χ1) is 13.5. The lowest BCUT2D eigenvalue weighted by Gasteiger charge is -2.39. The first-order valence-electron chi connectivity index (χ1n) is 10.2. The van der Waals surface area contributed by atoms with E-state index < -0.39 is 0 Å². The second-order valence-corrected chi connectivity index (χ2v) is 8.48. The lowest BCUT2D eigenvalue weighted by Crippen LogP contribution is -2.56. The first kappa shape index (κ1) is 21.4. The number of nitrogens with zero attached hydrogens (tertiary/aromatic N) is 3. The Kier molecular flexibility index (Phi) is 7.61. The Morgan fingerprint density at radius 2 is 1.64 bits per heavy atom. The minimum atomic E-state index is -0.111. The Balaban J connectivity index is 1.45. The van der Waals surface area contributed by atoms with Crippen LogP contribution in [0.25, 0.3) is 0 Å². The molecule has 0 radical (unpaired) electrons. The molecule has 0 aromatic heterocycles. The van der Waals surface area contributed by atoms with Gasteiger partial charge < -0.3 is 9.80 Å². The van der Waals surface area contributed by atoms with Crippen molar-refractivity contribution in [1.29, 1.82) is 0 Å². The molecule has 0 aliphatic carbocycles. The number of rotatable bonds is 5. The second kappa shape index (κ2) is 9.95. The van der Waals surface area contributed by atoms with Crippen LogP contribution in [0.2, 0.25) is 10.0 Å². The number of carbonyl (C=O) groups is 2. The largest absolute Gasteiger partial charge is 0.341 e. The van der Waals surface area contributed by atoms with Crippen molar-refractivity contribution < 1.29 is 9.59 Å². The van der Waals surface area contributed by atoms with Crippen molar-refractivity contribution in [3.05, 3.63) is 33.8 Å². The van der Waals surface area contributed by atoms with E-state index in [2.05, 4.69) is 4.90 Å². The molecule has 2 amide bonds. The number of likely N-dealkylation sites (tertiary alicyclic amines) is 1. The highest BCUT2D eigenvalue weighted by Gasteiger charge is 2.30. The molecule has 5 nitrogen and oxygen atoms in total. The summed E-state index contributed by atoms with van der Waals surface area (Å²) in [6.45, 7) is 6.57. The maximum absolute atomic E-state index is 12.7. The van der Waals surface area contributed by atoms with Crippen LogP contribution in [0.15, 0.2) is 18.2 Å². The second-order valence-electron chi connectivity index (χ2n) is 7.69. The maximum Gasteiger partial charge on any atom is 0.239 e. The van der Waals surface area contributed by atoms with Gasteiger partial charge in [-0.3, -0.25) is 14.5 Å². The Bertz CT molecular complexity index is 699. The fourth-order valence-corrected chi connectivity index (χ4v) is 4.45. The van der Waals surface area contributed by atoms with Gasteiger partial charge in [-0.25, -0.2) is 0 Å². The summed E-state index contributed by atoms with van der Waals surface area (Å²) in [6, 6.07) is 5.40. The molecule has 0 spiro atoms. The number of hydrogen-bond donors (Lipinski definition) is 0. The highest BCUT2D eigenvalue weighted by atomic mass is 35.5. The summed E-state index contributed by atoms with van der Waals surface area (Å²) in [5.74, 6) is 0.362. The predicted octanol–water partition coefficient (Wildman–Crippen LogP) is 3.47. The molecular formula is C21H29Cl2N3O2. The van der Waals surface area contributed by atoms with Crippen LogP contribution in [-0.4, -0.2) is 71.8 Å². The monoisotopic (exact) mass is 425 g/mol. The molecule has 1 unspecified atom stereocenters. The molecule has 2 aliphatic heterocycles. The highest BCUT2D eigenvalue weighted by Crippen LogP contribution is 2.26. The van der Waals surface area contributed by atoms with Gasteiger partial charge in [0.15, 0.2) is 0 Å². The molecule has 0 saturated carbocycles. The SMILES string of the molecule is CC(C(=O)N1CCCCC1)N1CCN(C(=O)CCc2cccc(Cl)c2Cl)CC1. The Hall–Kier alpha value is -1.30. The van der Waals surface area contributed by atoms with Gasteiger partial charge in [-0.15, -0.1) is 0 Å². The third-order valence-corrected chi connectivity index (χ3v) is 6.74. The normalized spacial score (nSPS) is 19.5. The molecule has 2 heterocycles. The fraction of sp³-hybridized carbons (Fsp3) is 0.619. The molecule has 1 atom stereocenters. The molecule has 154 valence electrons. The van der Waals surface area contributed by atoms with Crippen molar-refractivity contribution in [2.45, 2.75) is 45.1 Å². The number of carbonyl (C=O) groups excluding carboxylic acids is 2. The van der Waals surface area contributed by atoms with Crippen LogP contribution in [-0.2, 0) is 16.0 Å². The number of piperidine rings is 1. The van der Waals surface area contributed by atoms with Gasteiger partial charge >= 0.3 is 0 Å². The van der Waals surface area contributed by atoms with E-state index in [1.54, 1.807) is 6.07 Å². The van der Waals surface area contributed by atoms with Crippen LogP contribution < -0.4 is 0 Å². The Morgan fingerprint density at radius 3 is 2.32 bits per heavy atom. The molecular weight excluding hydrogens is 397 g/mol. The summed E-state index contributed by atoms with van der Waals surface area (Å²) >= 11 is 12.3. The Labute approximate surface area is 177 Å². The van der Waals surface area contributed by atoms with Crippen molar-refractivity contribution in [2.75, 3.05) is 39.3 Å². The van der Waals surface area contributed by atoms with E-state index in [4.69, 9.17) is 23.2 Å². The van der Waals surface area contributed by atoms with E-state index >= 15 is 0 Å². The third-order valence-electron chi connectivity index (χ3n) is 5.88. The topological polar surface area (TPSA) is 43.9 Å². The molecule has 1 aromatic carbocycles. The van der Waals surface area contributed by atoms with Crippen molar-refractivity contribution >= 4 is 35.0 Å². The highest BCUT2D eigenvalue weighted by molar-refractivity contribution is 6.42. The third kappa shape index (κ3) is 5.19. The lowest BCUT2D eigenvalue weighted by molar-refractivity contribution is -0.139. The van der Waals surface area contributed by atoms with Crippen molar-refractivity contribution in [2.24, 2.45) is 0 Å². The van der Waals surface area contributed by atoms with Gasteiger partial charge in [-0.2, -0.15) is 0 Å². The number of aryl methyl sites for hydroxylation is 1. The molecule has 7 heteroatoms. The predicted molar refractivity (Wildman–Crippen MR) is 113 cm³/mol. The van der Waals surface area contributed by atoms with Crippen LogP contribution in [0.3, 0.4) is 0 Å². The van der Waals surface area contributed by atoms with Gasteiger partial charge in [-0.05, 0) is 44.2 Å². The standard InChI is InChI=1S/C21H29Cl2N3O2/c1-16(21(28)26-10-3-2-4-11-26)24-12-14-25(15-13-24)19(27)9-8-17-6-5-7-18(22)20(17)23/h5-7,16H,2-4,8-15H2,1H3. The fourth-order valence-electron chi connectivity index (χ4n) is 4.03. The van der Waals surface area contributed by atoms with Crippen LogP contribution in [0.5, 0.6) is 0 Å². The van der Waals surface area contributed by atoms with Gasteiger partial charge in [0, 0.05) is 45.7 Å². The smallest absolute Gasteiger partial charge is 0.239 e. The molecule has 0 bridgehead atoms. The van der Waals surface area contributed by atoms with Gasteiger partial charge in [-0.1, -0.05) is 35.3 Å². The van der Waals surface area contributed by atoms with Crippen LogP contribution in [0.1, 0.15) is 38.2 Å². The van der Waals surface area contributed by atoms with Gasteiger partial charge in [0.25, 0.3) is 0 Å². The van der Waals surface area contributed by atoms with Gasteiger partial charge in [0.2, 0.25) is 11.8 Å². The first-order valence-corrected chi connectivity index (χ1v) is 11.0. The van der Waals surface area contributed by atoms with E-state index in [1.165, 1.54) is 6.42 Å².